The lowest BCUT2D eigenvalue weighted by Crippen LogP contribution is -2.53. The van der Waals surface area contributed by atoms with Crippen LogP contribution in [0.3, 0.4) is 0 Å². The molecule has 6 nitrogen and oxygen atoms in total. The van der Waals surface area contributed by atoms with Crippen molar-refractivity contribution in [2.75, 3.05) is 0 Å². The summed E-state index contributed by atoms with van der Waals surface area (Å²) in [6, 6.07) is 3.95. The van der Waals surface area contributed by atoms with Gasteiger partial charge >= 0.3 is 6.09 Å². The van der Waals surface area contributed by atoms with Gasteiger partial charge in [0.2, 0.25) is 0 Å². The molecule has 0 unspecified atom stereocenters. The Hall–Kier alpha value is -2.08. The number of hydrogen-bond acceptors (Lipinski definition) is 4. The minimum atomic E-state index is -1.24. The molecule has 6 heteroatoms. The van der Waals surface area contributed by atoms with E-state index in [0.717, 1.165) is 0 Å². The van der Waals surface area contributed by atoms with Crippen molar-refractivity contribution >= 4 is 11.9 Å². The average molecular weight is 279 g/mol. The number of carboxylic acid groups (broad SMARTS) is 1. The highest BCUT2D eigenvalue weighted by Gasteiger charge is 2.43. The monoisotopic (exact) mass is 279 g/mol. The standard InChI is InChI=1S/C14H17NO5/c1-7(16)8-4-5-10-9(6-8)11(15-13(18)19)12(17)14(2,3)20-10/h4-6,11-12,15,17H,1-3H3,(H,18,19)/t11-,12-/m0/s1. The number of fused-ring (bicyclic) bond motifs is 1. The number of aliphatic hydroxyl groups excluding tert-OH is 1. The molecule has 0 radical (unpaired) electrons. The van der Waals surface area contributed by atoms with Crippen LogP contribution in [0.1, 0.15) is 42.7 Å². The van der Waals surface area contributed by atoms with E-state index < -0.39 is 23.8 Å². The molecule has 1 heterocycles. The molecule has 0 saturated heterocycles. The average Bonchev–Trinajstić information content (AvgIpc) is 2.33. The van der Waals surface area contributed by atoms with E-state index in [4.69, 9.17) is 9.84 Å². The molecule has 1 aromatic carbocycles. The summed E-state index contributed by atoms with van der Waals surface area (Å²) in [5, 5.41) is 21.5. The summed E-state index contributed by atoms with van der Waals surface area (Å²) in [4.78, 5) is 22.4. The number of aliphatic hydroxyl groups is 1. The Morgan fingerprint density at radius 1 is 1.35 bits per heavy atom. The molecule has 1 aliphatic rings. The van der Waals surface area contributed by atoms with Gasteiger partial charge in [-0.1, -0.05) is 0 Å². The van der Waals surface area contributed by atoms with Crippen LogP contribution in [0.25, 0.3) is 0 Å². The van der Waals surface area contributed by atoms with Crippen molar-refractivity contribution in [2.24, 2.45) is 0 Å². The van der Waals surface area contributed by atoms with Gasteiger partial charge in [0.05, 0.1) is 6.04 Å². The molecule has 0 spiro atoms. The number of benzene rings is 1. The zero-order valence-electron chi connectivity index (χ0n) is 11.5. The van der Waals surface area contributed by atoms with Gasteiger partial charge in [0.15, 0.2) is 5.78 Å². The smallest absolute Gasteiger partial charge is 0.405 e. The Morgan fingerprint density at radius 2 is 2.00 bits per heavy atom. The highest BCUT2D eigenvalue weighted by Crippen LogP contribution is 2.40. The highest BCUT2D eigenvalue weighted by molar-refractivity contribution is 5.94. The van der Waals surface area contributed by atoms with Crippen LogP contribution in [0.2, 0.25) is 0 Å². The van der Waals surface area contributed by atoms with Crippen LogP contribution >= 0.6 is 0 Å². The predicted octanol–water partition coefficient (Wildman–Crippen LogP) is 1.73. The molecule has 0 saturated carbocycles. The molecule has 1 aromatic rings. The number of ketones is 1. The summed E-state index contributed by atoms with van der Waals surface area (Å²) in [5.74, 6) is 0.324. The molecule has 0 aromatic heterocycles. The van der Waals surface area contributed by atoms with E-state index in [9.17, 15) is 14.7 Å². The molecule has 20 heavy (non-hydrogen) atoms. The van der Waals surface area contributed by atoms with Gasteiger partial charge < -0.3 is 20.3 Å². The quantitative estimate of drug-likeness (QED) is 0.716. The fourth-order valence-electron chi connectivity index (χ4n) is 2.31. The normalized spacial score (nSPS) is 23.4. The topological polar surface area (TPSA) is 95.9 Å². The van der Waals surface area contributed by atoms with Crippen molar-refractivity contribution in [3.63, 3.8) is 0 Å². The fraction of sp³-hybridized carbons (Fsp3) is 0.429. The largest absolute Gasteiger partial charge is 0.485 e. The lowest BCUT2D eigenvalue weighted by atomic mass is 9.85. The Kier molecular flexibility index (Phi) is 3.43. The first-order valence-electron chi connectivity index (χ1n) is 6.24. The minimum Gasteiger partial charge on any atom is -0.485 e. The second kappa shape index (κ2) is 4.79. The summed E-state index contributed by atoms with van der Waals surface area (Å²) in [7, 11) is 0. The third kappa shape index (κ3) is 2.46. The van der Waals surface area contributed by atoms with Gasteiger partial charge in [-0.25, -0.2) is 4.79 Å². The Balaban J connectivity index is 2.53. The highest BCUT2D eigenvalue weighted by atomic mass is 16.5. The molecule has 0 aliphatic carbocycles. The molecule has 108 valence electrons. The molecule has 1 amide bonds. The number of amides is 1. The van der Waals surface area contributed by atoms with Crippen LogP contribution in [0.4, 0.5) is 4.79 Å². The van der Waals surface area contributed by atoms with Crippen molar-refractivity contribution in [1.82, 2.24) is 5.32 Å². The van der Waals surface area contributed by atoms with Crippen molar-refractivity contribution in [1.29, 1.82) is 0 Å². The lowest BCUT2D eigenvalue weighted by molar-refractivity contribution is -0.0630. The van der Waals surface area contributed by atoms with Gasteiger partial charge in [0, 0.05) is 11.1 Å². The Morgan fingerprint density at radius 3 is 2.55 bits per heavy atom. The van der Waals surface area contributed by atoms with Gasteiger partial charge in [0.1, 0.15) is 17.5 Å². The van der Waals surface area contributed by atoms with Crippen LogP contribution in [0.15, 0.2) is 18.2 Å². The number of Topliss-reactive ketones (excluding diaryl/α,β-unsaturated/α-hetero) is 1. The minimum absolute atomic E-state index is 0.138. The second-order valence-electron chi connectivity index (χ2n) is 5.39. The van der Waals surface area contributed by atoms with E-state index in [2.05, 4.69) is 5.32 Å². The summed E-state index contributed by atoms with van der Waals surface area (Å²) in [5.41, 5.74) is -0.0268. The molecule has 1 aliphatic heterocycles. The summed E-state index contributed by atoms with van der Waals surface area (Å²) in [6.45, 7) is 4.78. The molecule has 2 atom stereocenters. The van der Waals surface area contributed by atoms with Gasteiger partial charge in [-0.2, -0.15) is 0 Å². The first-order chi connectivity index (χ1) is 9.22. The van der Waals surface area contributed by atoms with Crippen molar-refractivity contribution in [3.05, 3.63) is 29.3 Å². The van der Waals surface area contributed by atoms with Gasteiger partial charge in [-0.05, 0) is 39.0 Å². The fourth-order valence-corrected chi connectivity index (χ4v) is 2.31. The number of carbonyl (C=O) groups is 2. The number of rotatable bonds is 2. The maximum Gasteiger partial charge on any atom is 0.405 e. The SMILES string of the molecule is CC(=O)c1ccc2c(c1)[C@H](NC(=O)O)[C@H](O)C(C)(C)O2. The summed E-state index contributed by atoms with van der Waals surface area (Å²) in [6.07, 6.45) is -2.31. The lowest BCUT2D eigenvalue weighted by Gasteiger charge is -2.42. The van der Waals surface area contributed by atoms with Gasteiger partial charge in [-0.15, -0.1) is 0 Å². The van der Waals surface area contributed by atoms with E-state index in [1.165, 1.54) is 6.92 Å². The molecular formula is C14H17NO5. The van der Waals surface area contributed by atoms with E-state index in [-0.39, 0.29) is 5.78 Å². The van der Waals surface area contributed by atoms with Crippen LogP contribution in [0, 0.1) is 0 Å². The van der Waals surface area contributed by atoms with Crippen LogP contribution in [-0.2, 0) is 0 Å². The zero-order valence-corrected chi connectivity index (χ0v) is 11.5. The molecule has 3 N–H and O–H groups in total. The zero-order chi connectivity index (χ0) is 15.1. The third-order valence-electron chi connectivity index (χ3n) is 3.43. The Labute approximate surface area is 116 Å². The van der Waals surface area contributed by atoms with Crippen LogP contribution in [0.5, 0.6) is 5.75 Å². The second-order valence-corrected chi connectivity index (χ2v) is 5.39. The van der Waals surface area contributed by atoms with E-state index >= 15 is 0 Å². The van der Waals surface area contributed by atoms with Gasteiger partial charge in [0.25, 0.3) is 0 Å². The van der Waals surface area contributed by atoms with Crippen molar-refractivity contribution < 1.29 is 24.5 Å². The van der Waals surface area contributed by atoms with Crippen LogP contribution in [-0.4, -0.2) is 33.8 Å². The third-order valence-corrected chi connectivity index (χ3v) is 3.43. The van der Waals surface area contributed by atoms with Crippen molar-refractivity contribution in [3.8, 4) is 5.75 Å². The number of hydrogen-bond donors (Lipinski definition) is 3. The van der Waals surface area contributed by atoms with E-state index in [1.807, 2.05) is 0 Å². The van der Waals surface area contributed by atoms with E-state index in [0.29, 0.717) is 16.9 Å². The summed E-state index contributed by atoms with van der Waals surface area (Å²) >= 11 is 0. The maximum atomic E-state index is 11.4. The van der Waals surface area contributed by atoms with Crippen molar-refractivity contribution in [2.45, 2.75) is 38.5 Å². The van der Waals surface area contributed by atoms with Crippen LogP contribution < -0.4 is 10.1 Å². The summed E-state index contributed by atoms with van der Waals surface area (Å²) < 4.78 is 5.68. The molecule has 0 bridgehead atoms. The molecule has 2 rings (SSSR count). The molecular weight excluding hydrogens is 262 g/mol. The first kappa shape index (κ1) is 14.3. The Bertz CT molecular complexity index is 567. The first-order valence-corrected chi connectivity index (χ1v) is 6.24. The number of carbonyl (C=O) groups excluding carboxylic acids is 1. The van der Waals surface area contributed by atoms with E-state index in [1.54, 1.807) is 32.0 Å². The predicted molar refractivity (Wildman–Crippen MR) is 71.1 cm³/mol. The number of ether oxygens (including phenoxy) is 1. The number of nitrogens with one attached hydrogen (secondary N) is 1. The molecule has 0 fully saturated rings. The maximum absolute atomic E-state index is 11.4. The van der Waals surface area contributed by atoms with Gasteiger partial charge in [-0.3, -0.25) is 4.79 Å².